The van der Waals surface area contributed by atoms with Gasteiger partial charge in [0.05, 0.1) is 5.02 Å². The van der Waals surface area contributed by atoms with Crippen molar-refractivity contribution in [2.45, 2.75) is 48.8 Å². The van der Waals surface area contributed by atoms with E-state index in [4.69, 9.17) is 17.3 Å². The van der Waals surface area contributed by atoms with Crippen LogP contribution in [0.25, 0.3) is 0 Å². The highest BCUT2D eigenvalue weighted by atomic mass is 35.5. The summed E-state index contributed by atoms with van der Waals surface area (Å²) in [6.45, 7) is 1.47. The standard InChI is InChI=1S/C14H17ClN4S/c15-11-6-4-5-10(9-16)13(11)20-14-18-17-12-7-2-1-3-8-19(12)14/h4-6H,1-3,7-9,16H2. The molecule has 20 heavy (non-hydrogen) atoms. The predicted molar refractivity (Wildman–Crippen MR) is 81.0 cm³/mol. The molecule has 2 aromatic rings. The van der Waals surface area contributed by atoms with Gasteiger partial charge in [0.15, 0.2) is 5.16 Å². The van der Waals surface area contributed by atoms with Gasteiger partial charge in [-0.15, -0.1) is 10.2 Å². The summed E-state index contributed by atoms with van der Waals surface area (Å²) in [5.41, 5.74) is 6.85. The van der Waals surface area contributed by atoms with E-state index in [2.05, 4.69) is 14.8 Å². The number of rotatable bonds is 3. The Labute approximate surface area is 127 Å². The molecule has 2 heterocycles. The van der Waals surface area contributed by atoms with Crippen LogP contribution in [0.2, 0.25) is 5.02 Å². The van der Waals surface area contributed by atoms with Gasteiger partial charge in [0.2, 0.25) is 0 Å². The number of benzene rings is 1. The molecule has 0 radical (unpaired) electrons. The molecule has 0 bridgehead atoms. The molecule has 0 amide bonds. The Morgan fingerprint density at radius 2 is 2.15 bits per heavy atom. The molecule has 0 atom stereocenters. The number of halogens is 1. The van der Waals surface area contributed by atoms with Crippen LogP contribution < -0.4 is 5.73 Å². The maximum atomic E-state index is 6.31. The number of aryl methyl sites for hydroxylation is 1. The molecule has 0 fully saturated rings. The van der Waals surface area contributed by atoms with Crippen LogP contribution in [0.3, 0.4) is 0 Å². The van der Waals surface area contributed by atoms with Gasteiger partial charge in [-0.05, 0) is 36.2 Å². The van der Waals surface area contributed by atoms with Crippen molar-refractivity contribution >= 4 is 23.4 Å². The molecule has 1 aliphatic rings. The second-order valence-corrected chi connectivity index (χ2v) is 6.28. The second-order valence-electron chi connectivity index (χ2n) is 4.90. The predicted octanol–water partition coefficient (Wildman–Crippen LogP) is 3.27. The maximum absolute atomic E-state index is 6.31. The molecule has 6 heteroatoms. The topological polar surface area (TPSA) is 56.7 Å². The van der Waals surface area contributed by atoms with E-state index < -0.39 is 0 Å². The highest BCUT2D eigenvalue weighted by Crippen LogP contribution is 2.36. The summed E-state index contributed by atoms with van der Waals surface area (Å²) in [5, 5.41) is 10.3. The molecule has 1 aromatic heterocycles. The summed E-state index contributed by atoms with van der Waals surface area (Å²) in [4.78, 5) is 0.996. The molecular formula is C14H17ClN4S. The van der Waals surface area contributed by atoms with E-state index in [1.54, 1.807) is 11.8 Å². The lowest BCUT2D eigenvalue weighted by atomic mass is 10.2. The first-order valence-corrected chi connectivity index (χ1v) is 8.06. The van der Waals surface area contributed by atoms with Gasteiger partial charge < -0.3 is 10.3 Å². The molecule has 3 rings (SSSR count). The lowest BCUT2D eigenvalue weighted by Gasteiger charge is -2.10. The number of hydrogen-bond donors (Lipinski definition) is 1. The maximum Gasteiger partial charge on any atom is 0.196 e. The van der Waals surface area contributed by atoms with Crippen molar-refractivity contribution in [3.63, 3.8) is 0 Å². The van der Waals surface area contributed by atoms with Gasteiger partial charge >= 0.3 is 0 Å². The van der Waals surface area contributed by atoms with Crippen LogP contribution in [-0.4, -0.2) is 14.8 Å². The van der Waals surface area contributed by atoms with Crippen molar-refractivity contribution in [1.82, 2.24) is 14.8 Å². The fourth-order valence-corrected chi connectivity index (χ4v) is 3.78. The van der Waals surface area contributed by atoms with Crippen molar-refractivity contribution in [3.05, 3.63) is 34.6 Å². The van der Waals surface area contributed by atoms with Crippen LogP contribution in [0.4, 0.5) is 0 Å². The van der Waals surface area contributed by atoms with E-state index in [0.717, 1.165) is 39.4 Å². The Hall–Kier alpha value is -1.04. The van der Waals surface area contributed by atoms with Crippen LogP contribution in [0.15, 0.2) is 28.3 Å². The Kier molecular flexibility index (Phi) is 4.29. The van der Waals surface area contributed by atoms with Crippen LogP contribution in [0.1, 0.15) is 30.7 Å². The average molecular weight is 309 g/mol. The lowest BCUT2D eigenvalue weighted by Crippen LogP contribution is -2.03. The molecular weight excluding hydrogens is 292 g/mol. The summed E-state index contributed by atoms with van der Waals surface area (Å²) >= 11 is 7.88. The summed E-state index contributed by atoms with van der Waals surface area (Å²) in [6, 6.07) is 5.83. The summed E-state index contributed by atoms with van der Waals surface area (Å²) < 4.78 is 2.22. The largest absolute Gasteiger partial charge is 0.326 e. The summed E-state index contributed by atoms with van der Waals surface area (Å²) in [5.74, 6) is 1.09. The van der Waals surface area contributed by atoms with E-state index in [9.17, 15) is 0 Å². The van der Waals surface area contributed by atoms with Crippen molar-refractivity contribution in [3.8, 4) is 0 Å². The average Bonchev–Trinajstić information content (AvgIpc) is 2.69. The fourth-order valence-electron chi connectivity index (χ4n) is 2.45. The van der Waals surface area contributed by atoms with Gasteiger partial charge in [-0.25, -0.2) is 0 Å². The molecule has 2 N–H and O–H groups in total. The van der Waals surface area contributed by atoms with E-state index >= 15 is 0 Å². The molecule has 0 saturated carbocycles. The molecule has 1 aliphatic heterocycles. The molecule has 0 unspecified atom stereocenters. The summed E-state index contributed by atoms with van der Waals surface area (Å²) in [6.07, 6.45) is 4.65. The molecule has 1 aromatic carbocycles. The van der Waals surface area contributed by atoms with Gasteiger partial charge in [-0.1, -0.05) is 30.2 Å². The highest BCUT2D eigenvalue weighted by Gasteiger charge is 2.17. The number of nitrogens with zero attached hydrogens (tertiary/aromatic N) is 3. The second kappa shape index (κ2) is 6.16. The first kappa shape index (κ1) is 13.9. The SMILES string of the molecule is NCc1cccc(Cl)c1Sc1nnc2n1CCCCC2. The minimum Gasteiger partial charge on any atom is -0.326 e. The monoisotopic (exact) mass is 308 g/mol. The first-order chi connectivity index (χ1) is 9.79. The third-order valence-electron chi connectivity index (χ3n) is 3.54. The number of aromatic nitrogens is 3. The van der Waals surface area contributed by atoms with Gasteiger partial charge in [0, 0.05) is 24.4 Å². The number of nitrogens with two attached hydrogens (primary N) is 1. The Morgan fingerprint density at radius 3 is 3.00 bits per heavy atom. The van der Waals surface area contributed by atoms with Crippen LogP contribution in [-0.2, 0) is 19.5 Å². The highest BCUT2D eigenvalue weighted by molar-refractivity contribution is 7.99. The van der Waals surface area contributed by atoms with Gasteiger partial charge in [-0.3, -0.25) is 0 Å². The zero-order valence-corrected chi connectivity index (χ0v) is 12.8. The van der Waals surface area contributed by atoms with E-state index in [0.29, 0.717) is 6.54 Å². The zero-order chi connectivity index (χ0) is 13.9. The molecule has 0 aliphatic carbocycles. The van der Waals surface area contributed by atoms with Crippen molar-refractivity contribution < 1.29 is 0 Å². The molecule has 0 spiro atoms. The fraction of sp³-hybridized carbons (Fsp3) is 0.429. The minimum absolute atomic E-state index is 0.476. The molecule has 0 saturated heterocycles. The van der Waals surface area contributed by atoms with E-state index in [-0.39, 0.29) is 0 Å². The Balaban J connectivity index is 1.94. The third kappa shape index (κ3) is 2.71. The van der Waals surface area contributed by atoms with Crippen molar-refractivity contribution in [2.75, 3.05) is 0 Å². The van der Waals surface area contributed by atoms with Crippen LogP contribution in [0, 0.1) is 0 Å². The van der Waals surface area contributed by atoms with E-state index in [1.807, 2.05) is 18.2 Å². The lowest BCUT2D eigenvalue weighted by molar-refractivity contribution is 0.591. The number of hydrogen-bond acceptors (Lipinski definition) is 4. The normalized spacial score (nSPS) is 14.9. The smallest absolute Gasteiger partial charge is 0.196 e. The van der Waals surface area contributed by atoms with E-state index in [1.165, 1.54) is 19.3 Å². The number of fused-ring (bicyclic) bond motifs is 1. The van der Waals surface area contributed by atoms with Crippen molar-refractivity contribution in [2.24, 2.45) is 5.73 Å². The van der Waals surface area contributed by atoms with Gasteiger partial charge in [0.25, 0.3) is 0 Å². The molecule has 4 nitrogen and oxygen atoms in total. The Bertz CT molecular complexity index is 611. The Morgan fingerprint density at radius 1 is 1.25 bits per heavy atom. The van der Waals surface area contributed by atoms with Gasteiger partial charge in [0.1, 0.15) is 5.82 Å². The minimum atomic E-state index is 0.476. The van der Waals surface area contributed by atoms with Crippen LogP contribution in [0.5, 0.6) is 0 Å². The zero-order valence-electron chi connectivity index (χ0n) is 11.2. The van der Waals surface area contributed by atoms with Crippen LogP contribution >= 0.6 is 23.4 Å². The van der Waals surface area contributed by atoms with Gasteiger partial charge in [-0.2, -0.15) is 0 Å². The first-order valence-electron chi connectivity index (χ1n) is 6.87. The summed E-state index contributed by atoms with van der Waals surface area (Å²) in [7, 11) is 0. The quantitative estimate of drug-likeness (QED) is 0.945. The third-order valence-corrected chi connectivity index (χ3v) is 5.14. The molecule has 106 valence electrons. The van der Waals surface area contributed by atoms with Crippen molar-refractivity contribution in [1.29, 1.82) is 0 Å².